The van der Waals surface area contributed by atoms with E-state index >= 15 is 0 Å². The first-order chi connectivity index (χ1) is 6.66. The van der Waals surface area contributed by atoms with Crippen molar-refractivity contribution >= 4 is 5.78 Å². The molecule has 0 aliphatic carbocycles. The predicted octanol–water partition coefficient (Wildman–Crippen LogP) is 2.79. The van der Waals surface area contributed by atoms with Gasteiger partial charge in [-0.25, -0.2) is 0 Å². The second-order valence-corrected chi connectivity index (χ2v) is 3.39. The summed E-state index contributed by atoms with van der Waals surface area (Å²) in [5.41, 5.74) is 2.33. The number of allylic oxidation sites excluding steroid dienone is 1. The minimum atomic E-state index is 0.00144. The molecule has 1 heterocycles. The van der Waals surface area contributed by atoms with Gasteiger partial charge in [-0.1, -0.05) is 19.9 Å². The van der Waals surface area contributed by atoms with E-state index in [1.807, 2.05) is 6.07 Å². The Bertz CT molecular complexity index is 355. The predicted molar refractivity (Wildman–Crippen MR) is 57.4 cm³/mol. The lowest BCUT2D eigenvalue weighted by Gasteiger charge is -2.05. The normalized spacial score (nSPS) is 9.86. The average molecular weight is 189 g/mol. The number of rotatable bonds is 4. The van der Waals surface area contributed by atoms with Gasteiger partial charge in [0.15, 0.2) is 5.78 Å². The van der Waals surface area contributed by atoms with Crippen LogP contribution in [0.25, 0.3) is 0 Å². The van der Waals surface area contributed by atoms with Gasteiger partial charge in [0.05, 0.1) is 0 Å². The highest BCUT2D eigenvalue weighted by Crippen LogP contribution is 2.13. The first-order valence-corrected chi connectivity index (χ1v) is 4.80. The maximum absolute atomic E-state index is 11.7. The number of Topliss-reactive ketones (excluding diaryl/α,β-unsaturated/α-hetero) is 1. The van der Waals surface area contributed by atoms with Crippen LogP contribution in [-0.4, -0.2) is 10.8 Å². The van der Waals surface area contributed by atoms with Gasteiger partial charge in [0.2, 0.25) is 0 Å². The van der Waals surface area contributed by atoms with Gasteiger partial charge in [0.1, 0.15) is 0 Å². The summed E-state index contributed by atoms with van der Waals surface area (Å²) in [6.45, 7) is 7.48. The number of ketones is 1. The van der Waals surface area contributed by atoms with Crippen LogP contribution in [0.15, 0.2) is 30.6 Å². The molecular formula is C12H15NO. The molecule has 0 bridgehead atoms. The molecule has 0 aliphatic rings. The topological polar surface area (TPSA) is 30.0 Å². The summed E-state index contributed by atoms with van der Waals surface area (Å²) in [7, 11) is 0. The molecule has 0 N–H and O–H groups in total. The summed E-state index contributed by atoms with van der Waals surface area (Å²) in [6.07, 6.45) is 5.29. The van der Waals surface area contributed by atoms with Crippen LogP contribution in [0.1, 0.15) is 36.2 Å². The van der Waals surface area contributed by atoms with Crippen LogP contribution in [0.4, 0.5) is 0 Å². The summed E-state index contributed by atoms with van der Waals surface area (Å²) < 4.78 is 0. The van der Waals surface area contributed by atoms with Crippen molar-refractivity contribution in [1.29, 1.82) is 0 Å². The molecule has 0 aromatic carbocycles. The number of hydrogen-bond acceptors (Lipinski definition) is 2. The highest BCUT2D eigenvalue weighted by atomic mass is 16.1. The molecule has 2 heteroatoms. The number of aryl methyl sites for hydroxylation is 1. The van der Waals surface area contributed by atoms with Crippen molar-refractivity contribution in [2.24, 2.45) is 0 Å². The highest BCUT2D eigenvalue weighted by Gasteiger charge is 2.10. The summed E-state index contributed by atoms with van der Waals surface area (Å²) >= 11 is 0. The van der Waals surface area contributed by atoms with Gasteiger partial charge in [-0.3, -0.25) is 9.78 Å². The largest absolute Gasteiger partial charge is 0.289 e. The minimum Gasteiger partial charge on any atom is -0.289 e. The molecule has 1 rings (SSSR count). The second-order valence-electron chi connectivity index (χ2n) is 3.39. The Labute approximate surface area is 84.7 Å². The van der Waals surface area contributed by atoms with Gasteiger partial charge in [0.25, 0.3) is 0 Å². The third-order valence-electron chi connectivity index (χ3n) is 2.06. The van der Waals surface area contributed by atoms with E-state index in [9.17, 15) is 4.79 Å². The Morgan fingerprint density at radius 1 is 1.57 bits per heavy atom. The fraction of sp³-hybridized carbons (Fsp3) is 0.333. The maximum Gasteiger partial charge on any atom is 0.189 e. The second kappa shape index (κ2) is 4.70. The third-order valence-corrected chi connectivity index (χ3v) is 2.06. The van der Waals surface area contributed by atoms with Crippen LogP contribution in [0.5, 0.6) is 0 Å². The summed E-state index contributed by atoms with van der Waals surface area (Å²) in [5.74, 6) is 0.00144. The highest BCUT2D eigenvalue weighted by molar-refractivity contribution is 6.08. The van der Waals surface area contributed by atoms with Crippen LogP contribution < -0.4 is 0 Å². The zero-order chi connectivity index (χ0) is 10.6. The first kappa shape index (κ1) is 10.6. The lowest BCUT2D eigenvalue weighted by atomic mass is 9.99. The number of nitrogens with zero attached hydrogens (tertiary/aromatic N) is 1. The number of pyridine rings is 1. The quantitative estimate of drug-likeness (QED) is 0.538. The number of carbonyl (C=O) groups is 1. The Kier molecular flexibility index (Phi) is 3.57. The van der Waals surface area contributed by atoms with Crippen molar-refractivity contribution in [1.82, 2.24) is 4.98 Å². The van der Waals surface area contributed by atoms with E-state index in [1.54, 1.807) is 19.3 Å². The number of carbonyl (C=O) groups excluding carboxylic acids is 1. The monoisotopic (exact) mass is 189 g/mol. The standard InChI is InChI=1S/C12H15NO/c1-4-5-10-6-7-13-8-11(10)12(14)9(2)3/h6-8H,2,4-5H2,1,3H3. The summed E-state index contributed by atoms with van der Waals surface area (Å²) in [4.78, 5) is 15.7. The van der Waals surface area contributed by atoms with Crippen molar-refractivity contribution in [3.8, 4) is 0 Å². The minimum absolute atomic E-state index is 0.00144. The van der Waals surface area contributed by atoms with Crippen molar-refractivity contribution in [2.45, 2.75) is 26.7 Å². The fourth-order valence-electron chi connectivity index (χ4n) is 1.34. The Balaban J connectivity index is 3.06. The molecule has 0 radical (unpaired) electrons. The lowest BCUT2D eigenvalue weighted by molar-refractivity contribution is 0.103. The Hall–Kier alpha value is -1.44. The zero-order valence-corrected chi connectivity index (χ0v) is 8.71. The van der Waals surface area contributed by atoms with Crippen LogP contribution in [0.3, 0.4) is 0 Å². The van der Waals surface area contributed by atoms with E-state index in [0.29, 0.717) is 11.1 Å². The molecule has 0 saturated heterocycles. The third kappa shape index (κ3) is 2.28. The molecule has 14 heavy (non-hydrogen) atoms. The lowest BCUT2D eigenvalue weighted by Crippen LogP contribution is -2.05. The average Bonchev–Trinajstić information content (AvgIpc) is 2.18. The molecule has 1 aromatic rings. The fourth-order valence-corrected chi connectivity index (χ4v) is 1.34. The molecule has 0 fully saturated rings. The summed E-state index contributed by atoms with van der Waals surface area (Å²) in [6, 6.07) is 1.90. The van der Waals surface area contributed by atoms with Crippen molar-refractivity contribution < 1.29 is 4.79 Å². The van der Waals surface area contributed by atoms with Crippen molar-refractivity contribution in [3.05, 3.63) is 41.7 Å². The van der Waals surface area contributed by atoms with Crippen LogP contribution in [0, 0.1) is 0 Å². The van der Waals surface area contributed by atoms with E-state index < -0.39 is 0 Å². The molecular weight excluding hydrogens is 174 g/mol. The molecule has 0 aliphatic heterocycles. The van der Waals surface area contributed by atoms with Gasteiger partial charge < -0.3 is 0 Å². The van der Waals surface area contributed by atoms with Crippen LogP contribution >= 0.6 is 0 Å². The van der Waals surface area contributed by atoms with E-state index in [0.717, 1.165) is 18.4 Å². The Morgan fingerprint density at radius 2 is 2.29 bits per heavy atom. The molecule has 0 spiro atoms. The van der Waals surface area contributed by atoms with Gasteiger partial charge in [-0.05, 0) is 30.5 Å². The van der Waals surface area contributed by atoms with Gasteiger partial charge in [-0.15, -0.1) is 0 Å². The van der Waals surface area contributed by atoms with E-state index in [1.165, 1.54) is 0 Å². The molecule has 0 atom stereocenters. The van der Waals surface area contributed by atoms with Crippen LogP contribution in [-0.2, 0) is 6.42 Å². The molecule has 2 nitrogen and oxygen atoms in total. The number of aromatic nitrogens is 1. The Morgan fingerprint density at radius 3 is 2.86 bits per heavy atom. The van der Waals surface area contributed by atoms with Gasteiger partial charge >= 0.3 is 0 Å². The van der Waals surface area contributed by atoms with Crippen molar-refractivity contribution in [2.75, 3.05) is 0 Å². The SMILES string of the molecule is C=C(C)C(=O)c1cnccc1CCC. The number of hydrogen-bond donors (Lipinski definition) is 0. The summed E-state index contributed by atoms with van der Waals surface area (Å²) in [5, 5.41) is 0. The maximum atomic E-state index is 11.7. The smallest absolute Gasteiger partial charge is 0.189 e. The zero-order valence-electron chi connectivity index (χ0n) is 8.71. The molecule has 0 saturated carbocycles. The molecule has 1 aromatic heterocycles. The molecule has 74 valence electrons. The molecule has 0 unspecified atom stereocenters. The molecule has 0 amide bonds. The van der Waals surface area contributed by atoms with Gasteiger partial charge in [-0.2, -0.15) is 0 Å². The van der Waals surface area contributed by atoms with Crippen molar-refractivity contribution in [3.63, 3.8) is 0 Å². The van der Waals surface area contributed by atoms with E-state index in [4.69, 9.17) is 0 Å². The van der Waals surface area contributed by atoms with E-state index in [2.05, 4.69) is 18.5 Å². The van der Waals surface area contributed by atoms with Gasteiger partial charge in [0, 0.05) is 18.0 Å². The van der Waals surface area contributed by atoms with Crippen LogP contribution in [0.2, 0.25) is 0 Å². The van der Waals surface area contributed by atoms with E-state index in [-0.39, 0.29) is 5.78 Å². The first-order valence-electron chi connectivity index (χ1n) is 4.80.